The molecular formula is C30H20Br2. The van der Waals surface area contributed by atoms with Crippen molar-refractivity contribution in [2.45, 2.75) is 0 Å². The molecule has 154 valence electrons. The highest BCUT2D eigenvalue weighted by Crippen LogP contribution is 2.29. The van der Waals surface area contributed by atoms with Gasteiger partial charge in [0.25, 0.3) is 0 Å². The van der Waals surface area contributed by atoms with E-state index in [2.05, 4.69) is 153 Å². The zero-order valence-electron chi connectivity index (χ0n) is 17.3. The third kappa shape index (κ3) is 4.62. The molecule has 32 heavy (non-hydrogen) atoms. The summed E-state index contributed by atoms with van der Waals surface area (Å²) in [6.07, 6.45) is 0. The Morgan fingerprint density at radius 1 is 0.219 bits per heavy atom. The number of rotatable bonds is 4. The van der Waals surface area contributed by atoms with E-state index >= 15 is 0 Å². The monoisotopic (exact) mass is 538 g/mol. The van der Waals surface area contributed by atoms with Gasteiger partial charge in [-0.25, -0.2) is 0 Å². The van der Waals surface area contributed by atoms with Crippen LogP contribution in [0.2, 0.25) is 0 Å². The summed E-state index contributed by atoms with van der Waals surface area (Å²) in [7, 11) is 0. The van der Waals surface area contributed by atoms with Crippen LogP contribution in [0, 0.1) is 0 Å². The van der Waals surface area contributed by atoms with Crippen molar-refractivity contribution in [2.24, 2.45) is 0 Å². The first kappa shape index (κ1) is 20.9. The molecule has 0 aliphatic carbocycles. The summed E-state index contributed by atoms with van der Waals surface area (Å²) in [5, 5.41) is 0. The highest BCUT2D eigenvalue weighted by atomic mass is 79.9. The maximum Gasteiger partial charge on any atom is 0.0175 e. The van der Waals surface area contributed by atoms with E-state index in [1.54, 1.807) is 0 Å². The lowest BCUT2D eigenvalue weighted by Gasteiger charge is -2.08. The van der Waals surface area contributed by atoms with Crippen LogP contribution in [0.1, 0.15) is 0 Å². The molecule has 0 N–H and O–H groups in total. The molecule has 0 radical (unpaired) electrons. The van der Waals surface area contributed by atoms with Gasteiger partial charge in [0, 0.05) is 8.95 Å². The van der Waals surface area contributed by atoms with E-state index < -0.39 is 0 Å². The van der Waals surface area contributed by atoms with Crippen LogP contribution in [0.15, 0.2) is 130 Å². The molecule has 0 unspecified atom stereocenters. The van der Waals surface area contributed by atoms with Gasteiger partial charge < -0.3 is 0 Å². The fourth-order valence-corrected chi connectivity index (χ4v) is 4.38. The van der Waals surface area contributed by atoms with E-state index in [4.69, 9.17) is 0 Å². The number of hydrogen-bond donors (Lipinski definition) is 0. The van der Waals surface area contributed by atoms with Crippen LogP contribution in [0.25, 0.3) is 44.5 Å². The highest BCUT2D eigenvalue weighted by molar-refractivity contribution is 9.10. The molecule has 5 aromatic rings. The van der Waals surface area contributed by atoms with E-state index in [1.165, 1.54) is 44.5 Å². The van der Waals surface area contributed by atoms with Gasteiger partial charge in [-0.1, -0.05) is 129 Å². The molecule has 0 aliphatic rings. The van der Waals surface area contributed by atoms with Gasteiger partial charge in [-0.15, -0.1) is 0 Å². The van der Waals surface area contributed by atoms with Crippen LogP contribution in [-0.2, 0) is 0 Å². The van der Waals surface area contributed by atoms with Crippen molar-refractivity contribution in [2.75, 3.05) is 0 Å². The Morgan fingerprint density at radius 3 is 0.500 bits per heavy atom. The van der Waals surface area contributed by atoms with Gasteiger partial charge in [0.1, 0.15) is 0 Å². The lowest BCUT2D eigenvalue weighted by Crippen LogP contribution is -1.83. The van der Waals surface area contributed by atoms with Crippen molar-refractivity contribution in [3.8, 4) is 44.5 Å². The van der Waals surface area contributed by atoms with E-state index in [0.29, 0.717) is 0 Å². The largest absolute Gasteiger partial charge is 0.0538 e. The standard InChI is InChI=1S/C30H20Br2/c31-29-17-13-27(14-18-29)25-9-5-23(6-10-25)21-1-2-22(4-3-21)24-7-11-26(12-8-24)28-15-19-30(32)20-16-28/h1-20H. The lowest BCUT2D eigenvalue weighted by atomic mass is 9.97. The van der Waals surface area contributed by atoms with Crippen LogP contribution in [-0.4, -0.2) is 0 Å². The molecule has 0 spiro atoms. The first-order chi connectivity index (χ1) is 15.7. The molecule has 5 aromatic carbocycles. The molecule has 0 saturated heterocycles. The van der Waals surface area contributed by atoms with Crippen LogP contribution in [0.4, 0.5) is 0 Å². The zero-order chi connectivity index (χ0) is 21.9. The fourth-order valence-electron chi connectivity index (χ4n) is 3.85. The molecule has 0 atom stereocenters. The smallest absolute Gasteiger partial charge is 0.0175 e. The van der Waals surface area contributed by atoms with E-state index in [0.717, 1.165) is 8.95 Å². The van der Waals surface area contributed by atoms with Gasteiger partial charge in [0.15, 0.2) is 0 Å². The van der Waals surface area contributed by atoms with Crippen LogP contribution in [0.3, 0.4) is 0 Å². The number of benzene rings is 5. The van der Waals surface area contributed by atoms with Crippen molar-refractivity contribution in [3.05, 3.63) is 130 Å². The van der Waals surface area contributed by atoms with E-state index in [1.807, 2.05) is 0 Å². The number of hydrogen-bond acceptors (Lipinski definition) is 0. The Morgan fingerprint density at radius 2 is 0.344 bits per heavy atom. The Hall–Kier alpha value is -2.94. The van der Waals surface area contributed by atoms with Crippen molar-refractivity contribution >= 4 is 31.9 Å². The molecule has 0 bridgehead atoms. The summed E-state index contributed by atoms with van der Waals surface area (Å²) < 4.78 is 2.20. The topological polar surface area (TPSA) is 0 Å². The maximum atomic E-state index is 3.50. The third-order valence-corrected chi connectivity index (χ3v) is 6.73. The van der Waals surface area contributed by atoms with Crippen molar-refractivity contribution in [1.29, 1.82) is 0 Å². The second kappa shape index (κ2) is 9.28. The fraction of sp³-hybridized carbons (Fsp3) is 0. The summed E-state index contributed by atoms with van der Waals surface area (Å²) in [5.74, 6) is 0. The Balaban J connectivity index is 1.33. The number of halogens is 2. The Kier molecular flexibility index (Phi) is 6.07. The maximum absolute atomic E-state index is 3.50. The van der Waals surface area contributed by atoms with E-state index in [-0.39, 0.29) is 0 Å². The molecule has 2 heteroatoms. The Labute approximate surface area is 205 Å². The van der Waals surface area contributed by atoms with Gasteiger partial charge in [0.2, 0.25) is 0 Å². The van der Waals surface area contributed by atoms with Gasteiger partial charge in [0.05, 0.1) is 0 Å². The molecular weight excluding hydrogens is 520 g/mol. The minimum atomic E-state index is 1.10. The molecule has 5 rings (SSSR count). The second-order valence-electron chi connectivity index (χ2n) is 7.75. The van der Waals surface area contributed by atoms with Crippen LogP contribution < -0.4 is 0 Å². The summed E-state index contributed by atoms with van der Waals surface area (Å²) in [5.41, 5.74) is 9.80. The summed E-state index contributed by atoms with van der Waals surface area (Å²) >= 11 is 7.00. The molecule has 0 amide bonds. The summed E-state index contributed by atoms with van der Waals surface area (Å²) in [6.45, 7) is 0. The predicted octanol–water partition coefficient (Wildman–Crippen LogP) is 9.88. The first-order valence-electron chi connectivity index (χ1n) is 10.5. The van der Waals surface area contributed by atoms with Gasteiger partial charge >= 0.3 is 0 Å². The molecule has 0 heterocycles. The average molecular weight is 540 g/mol. The molecule has 0 saturated carbocycles. The van der Waals surface area contributed by atoms with Gasteiger partial charge in [-0.05, 0) is 68.8 Å². The predicted molar refractivity (Wildman–Crippen MR) is 144 cm³/mol. The molecule has 0 fully saturated rings. The molecule has 0 aromatic heterocycles. The van der Waals surface area contributed by atoms with Crippen molar-refractivity contribution in [3.63, 3.8) is 0 Å². The first-order valence-corrected chi connectivity index (χ1v) is 12.1. The normalized spacial score (nSPS) is 10.8. The average Bonchev–Trinajstić information content (AvgIpc) is 2.85. The van der Waals surface area contributed by atoms with Crippen LogP contribution in [0.5, 0.6) is 0 Å². The quantitative estimate of drug-likeness (QED) is 0.213. The van der Waals surface area contributed by atoms with E-state index in [9.17, 15) is 0 Å². The zero-order valence-corrected chi connectivity index (χ0v) is 20.5. The minimum Gasteiger partial charge on any atom is -0.0538 e. The summed E-state index contributed by atoms with van der Waals surface area (Å²) in [4.78, 5) is 0. The third-order valence-electron chi connectivity index (χ3n) is 5.68. The summed E-state index contributed by atoms with van der Waals surface area (Å²) in [6, 6.07) is 43.2. The van der Waals surface area contributed by atoms with Crippen LogP contribution >= 0.6 is 31.9 Å². The SMILES string of the molecule is Brc1ccc(-c2ccc(-c3ccc(-c4ccc(-c5ccc(Br)cc5)cc4)cc3)cc2)cc1. The second-order valence-corrected chi connectivity index (χ2v) is 9.58. The highest BCUT2D eigenvalue weighted by Gasteiger charge is 2.04. The molecule has 0 aliphatic heterocycles. The minimum absolute atomic E-state index is 1.10. The van der Waals surface area contributed by atoms with Gasteiger partial charge in [-0.2, -0.15) is 0 Å². The Bertz CT molecular complexity index is 1210. The molecule has 0 nitrogen and oxygen atoms in total. The van der Waals surface area contributed by atoms with Gasteiger partial charge in [-0.3, -0.25) is 0 Å². The van der Waals surface area contributed by atoms with Crippen molar-refractivity contribution in [1.82, 2.24) is 0 Å². The lowest BCUT2D eigenvalue weighted by molar-refractivity contribution is 1.56. The van der Waals surface area contributed by atoms with Crippen molar-refractivity contribution < 1.29 is 0 Å².